The first-order chi connectivity index (χ1) is 5.04. The standard InChI is InChI=1S/C7H4Br4/c1-3-4(8)2-5(9)7(11)6(3)10/h2H,1H3. The summed E-state index contributed by atoms with van der Waals surface area (Å²) in [6, 6.07) is 2.02. The van der Waals surface area contributed by atoms with E-state index in [-0.39, 0.29) is 0 Å². The van der Waals surface area contributed by atoms with Gasteiger partial charge < -0.3 is 0 Å². The molecule has 0 atom stereocenters. The zero-order valence-corrected chi connectivity index (χ0v) is 11.9. The maximum Gasteiger partial charge on any atom is 0.0463 e. The van der Waals surface area contributed by atoms with Crippen LogP contribution in [-0.4, -0.2) is 0 Å². The lowest BCUT2D eigenvalue weighted by molar-refractivity contribution is 1.35. The zero-order valence-electron chi connectivity index (χ0n) is 5.59. The van der Waals surface area contributed by atoms with Crippen LogP contribution in [0.4, 0.5) is 0 Å². The van der Waals surface area contributed by atoms with Crippen molar-refractivity contribution in [2.24, 2.45) is 0 Å². The van der Waals surface area contributed by atoms with Crippen molar-refractivity contribution in [3.63, 3.8) is 0 Å². The first-order valence-electron chi connectivity index (χ1n) is 2.83. The highest BCUT2D eigenvalue weighted by atomic mass is 79.9. The predicted molar refractivity (Wildman–Crippen MR) is 62.0 cm³/mol. The Balaban J connectivity index is 3.46. The van der Waals surface area contributed by atoms with E-state index in [9.17, 15) is 0 Å². The molecule has 60 valence electrons. The molecule has 0 unspecified atom stereocenters. The minimum Gasteiger partial charge on any atom is -0.0505 e. The average molecular weight is 408 g/mol. The van der Waals surface area contributed by atoms with Gasteiger partial charge in [0.05, 0.1) is 0 Å². The molecule has 11 heavy (non-hydrogen) atoms. The second kappa shape index (κ2) is 3.90. The molecule has 0 amide bonds. The van der Waals surface area contributed by atoms with E-state index in [4.69, 9.17) is 0 Å². The molecule has 0 spiro atoms. The molecule has 1 aromatic carbocycles. The molecule has 0 heterocycles. The molecule has 0 aromatic heterocycles. The first-order valence-corrected chi connectivity index (χ1v) is 6.01. The summed E-state index contributed by atoms with van der Waals surface area (Å²) >= 11 is 13.8. The van der Waals surface area contributed by atoms with Gasteiger partial charge in [0.15, 0.2) is 0 Å². The third-order valence-electron chi connectivity index (χ3n) is 1.34. The molecule has 0 radical (unpaired) electrons. The first kappa shape index (κ1) is 10.2. The summed E-state index contributed by atoms with van der Waals surface area (Å²) in [6.45, 7) is 2.05. The van der Waals surface area contributed by atoms with Gasteiger partial charge in [0.2, 0.25) is 0 Å². The van der Waals surface area contributed by atoms with Crippen molar-refractivity contribution in [2.75, 3.05) is 0 Å². The molecule has 0 aliphatic heterocycles. The SMILES string of the molecule is Cc1c(Br)cc(Br)c(Br)c1Br. The number of halogens is 4. The quantitative estimate of drug-likeness (QED) is 0.417. The van der Waals surface area contributed by atoms with Crippen molar-refractivity contribution >= 4 is 63.7 Å². The fourth-order valence-electron chi connectivity index (χ4n) is 0.657. The summed E-state index contributed by atoms with van der Waals surface area (Å²) < 4.78 is 4.28. The van der Waals surface area contributed by atoms with E-state index in [0.717, 1.165) is 17.9 Å². The number of hydrogen-bond acceptors (Lipinski definition) is 0. The van der Waals surface area contributed by atoms with Crippen LogP contribution in [0.1, 0.15) is 5.56 Å². The highest BCUT2D eigenvalue weighted by Gasteiger charge is 2.07. The molecule has 0 saturated carbocycles. The van der Waals surface area contributed by atoms with E-state index >= 15 is 0 Å². The maximum atomic E-state index is 3.47. The van der Waals surface area contributed by atoms with E-state index in [1.165, 1.54) is 5.56 Å². The smallest absolute Gasteiger partial charge is 0.0463 e. The van der Waals surface area contributed by atoms with E-state index in [1.807, 2.05) is 13.0 Å². The molecule has 0 aliphatic rings. The molecule has 4 heteroatoms. The second-order valence-electron chi connectivity index (χ2n) is 2.09. The molecule has 0 saturated heterocycles. The minimum atomic E-state index is 1.04. The van der Waals surface area contributed by atoms with E-state index in [1.54, 1.807) is 0 Å². The molecule has 0 N–H and O–H groups in total. The van der Waals surface area contributed by atoms with Crippen LogP contribution in [0.2, 0.25) is 0 Å². The van der Waals surface area contributed by atoms with Gasteiger partial charge in [-0.1, -0.05) is 15.9 Å². The lowest BCUT2D eigenvalue weighted by Gasteiger charge is -2.05. The third-order valence-corrected chi connectivity index (χ3v) is 5.67. The van der Waals surface area contributed by atoms with Gasteiger partial charge in [0.1, 0.15) is 0 Å². The van der Waals surface area contributed by atoms with Gasteiger partial charge in [-0.3, -0.25) is 0 Å². The van der Waals surface area contributed by atoms with Gasteiger partial charge in [-0.15, -0.1) is 0 Å². The number of benzene rings is 1. The zero-order chi connectivity index (χ0) is 8.59. The largest absolute Gasteiger partial charge is 0.0505 e. The fourth-order valence-corrected chi connectivity index (χ4v) is 3.19. The normalized spacial score (nSPS) is 10.3. The van der Waals surface area contributed by atoms with Crippen LogP contribution in [0.15, 0.2) is 24.0 Å². The van der Waals surface area contributed by atoms with Crippen molar-refractivity contribution in [1.82, 2.24) is 0 Å². The predicted octanol–water partition coefficient (Wildman–Crippen LogP) is 5.05. The third kappa shape index (κ3) is 2.08. The highest BCUT2D eigenvalue weighted by Crippen LogP contribution is 2.37. The van der Waals surface area contributed by atoms with Crippen molar-refractivity contribution in [3.8, 4) is 0 Å². The molecule has 0 bridgehead atoms. The Hall–Kier alpha value is 1.14. The Bertz CT molecular complexity index is 267. The molecule has 0 fully saturated rings. The maximum absolute atomic E-state index is 3.47. The van der Waals surface area contributed by atoms with Gasteiger partial charge in [-0.05, 0) is 66.3 Å². The van der Waals surface area contributed by atoms with Crippen LogP contribution in [0, 0.1) is 6.92 Å². The molecular formula is C7H4Br4. The summed E-state index contributed by atoms with van der Waals surface area (Å²) in [5, 5.41) is 0. The van der Waals surface area contributed by atoms with Gasteiger partial charge in [0, 0.05) is 17.9 Å². The summed E-state index contributed by atoms with van der Waals surface area (Å²) in [5.74, 6) is 0. The van der Waals surface area contributed by atoms with Gasteiger partial charge in [-0.2, -0.15) is 0 Å². The van der Waals surface area contributed by atoms with Crippen LogP contribution in [0.25, 0.3) is 0 Å². The summed E-state index contributed by atoms with van der Waals surface area (Å²) in [6.07, 6.45) is 0. The van der Waals surface area contributed by atoms with Crippen molar-refractivity contribution < 1.29 is 0 Å². The Morgan fingerprint density at radius 3 is 2.00 bits per heavy atom. The van der Waals surface area contributed by atoms with E-state index in [2.05, 4.69) is 63.7 Å². The van der Waals surface area contributed by atoms with Crippen LogP contribution >= 0.6 is 63.7 Å². The van der Waals surface area contributed by atoms with Crippen molar-refractivity contribution in [1.29, 1.82) is 0 Å². The second-order valence-corrected chi connectivity index (χ2v) is 5.39. The lowest BCUT2D eigenvalue weighted by atomic mass is 10.2. The van der Waals surface area contributed by atoms with Crippen LogP contribution in [0.5, 0.6) is 0 Å². The van der Waals surface area contributed by atoms with Gasteiger partial charge in [-0.25, -0.2) is 0 Å². The highest BCUT2D eigenvalue weighted by molar-refractivity contribution is 9.14. The monoisotopic (exact) mass is 404 g/mol. The summed E-state index contributed by atoms with van der Waals surface area (Å²) in [4.78, 5) is 0. The Labute approximate surface area is 99.3 Å². The topological polar surface area (TPSA) is 0 Å². The minimum absolute atomic E-state index is 1.04. The molecule has 1 rings (SSSR count). The van der Waals surface area contributed by atoms with Crippen LogP contribution in [-0.2, 0) is 0 Å². The van der Waals surface area contributed by atoms with Crippen LogP contribution < -0.4 is 0 Å². The molecular weight excluding hydrogens is 404 g/mol. The Morgan fingerprint density at radius 2 is 1.45 bits per heavy atom. The van der Waals surface area contributed by atoms with Crippen molar-refractivity contribution in [3.05, 3.63) is 29.5 Å². The average Bonchev–Trinajstić information content (AvgIpc) is 1.97. The van der Waals surface area contributed by atoms with E-state index < -0.39 is 0 Å². The van der Waals surface area contributed by atoms with E-state index in [0.29, 0.717) is 0 Å². The van der Waals surface area contributed by atoms with Gasteiger partial charge in [0.25, 0.3) is 0 Å². The van der Waals surface area contributed by atoms with Crippen LogP contribution in [0.3, 0.4) is 0 Å². The molecule has 0 nitrogen and oxygen atoms in total. The molecule has 0 aliphatic carbocycles. The fraction of sp³-hybridized carbons (Fsp3) is 0.143. The number of rotatable bonds is 0. The Kier molecular flexibility index (Phi) is 3.62. The number of hydrogen-bond donors (Lipinski definition) is 0. The van der Waals surface area contributed by atoms with Crippen molar-refractivity contribution in [2.45, 2.75) is 6.92 Å². The Morgan fingerprint density at radius 1 is 0.909 bits per heavy atom. The molecule has 1 aromatic rings. The summed E-state index contributed by atoms with van der Waals surface area (Å²) in [5.41, 5.74) is 1.19. The lowest BCUT2D eigenvalue weighted by Crippen LogP contribution is -1.81. The summed E-state index contributed by atoms with van der Waals surface area (Å²) in [7, 11) is 0. The van der Waals surface area contributed by atoms with Gasteiger partial charge >= 0.3 is 0 Å².